The lowest BCUT2D eigenvalue weighted by molar-refractivity contribution is -0.384. The smallest absolute Gasteiger partial charge is 0.292 e. The van der Waals surface area contributed by atoms with Crippen LogP contribution in [-0.2, 0) is 0 Å². The highest BCUT2D eigenvalue weighted by molar-refractivity contribution is 5.61. The van der Waals surface area contributed by atoms with Crippen LogP contribution in [0.3, 0.4) is 0 Å². The summed E-state index contributed by atoms with van der Waals surface area (Å²) < 4.78 is 0. The SMILES string of the molecule is CC1(N2CCC(Nc3ccccc3[N+](=O)[O-])CC2)CCCCCCC1. The van der Waals surface area contributed by atoms with Gasteiger partial charge in [0.15, 0.2) is 0 Å². The summed E-state index contributed by atoms with van der Waals surface area (Å²) in [6, 6.07) is 7.31. The van der Waals surface area contributed by atoms with Crippen LogP contribution in [0.5, 0.6) is 0 Å². The highest BCUT2D eigenvalue weighted by Crippen LogP contribution is 2.34. The Morgan fingerprint density at radius 2 is 1.68 bits per heavy atom. The first-order valence-corrected chi connectivity index (χ1v) is 9.83. The molecule has 138 valence electrons. The summed E-state index contributed by atoms with van der Waals surface area (Å²) in [5, 5.41) is 14.6. The van der Waals surface area contributed by atoms with E-state index in [2.05, 4.69) is 17.1 Å². The number of rotatable bonds is 4. The first kappa shape index (κ1) is 18.2. The fourth-order valence-electron chi connectivity index (χ4n) is 4.52. The van der Waals surface area contributed by atoms with Crippen molar-refractivity contribution in [1.29, 1.82) is 0 Å². The summed E-state index contributed by atoms with van der Waals surface area (Å²) in [6.07, 6.45) is 11.6. The van der Waals surface area contributed by atoms with Crippen molar-refractivity contribution in [3.8, 4) is 0 Å². The molecule has 0 atom stereocenters. The quantitative estimate of drug-likeness (QED) is 0.618. The lowest BCUT2D eigenvalue weighted by Gasteiger charge is -2.46. The zero-order valence-corrected chi connectivity index (χ0v) is 15.4. The lowest BCUT2D eigenvalue weighted by Crippen LogP contribution is -2.52. The minimum absolute atomic E-state index is 0.178. The number of nitro benzene ring substituents is 1. The van der Waals surface area contributed by atoms with E-state index in [1.54, 1.807) is 12.1 Å². The molecule has 0 amide bonds. The minimum atomic E-state index is -0.299. The number of benzene rings is 1. The Labute approximate surface area is 150 Å². The molecular formula is C20H31N3O2. The van der Waals surface area contributed by atoms with Crippen molar-refractivity contribution in [1.82, 2.24) is 4.90 Å². The van der Waals surface area contributed by atoms with Crippen LogP contribution >= 0.6 is 0 Å². The molecule has 1 aliphatic carbocycles. The molecular weight excluding hydrogens is 314 g/mol. The van der Waals surface area contributed by atoms with Gasteiger partial charge in [0.1, 0.15) is 5.69 Å². The average Bonchev–Trinajstić information content (AvgIpc) is 2.59. The second-order valence-electron chi connectivity index (χ2n) is 7.94. The Balaban J connectivity index is 1.57. The van der Waals surface area contributed by atoms with Crippen LogP contribution in [0.4, 0.5) is 11.4 Å². The van der Waals surface area contributed by atoms with Crippen LogP contribution < -0.4 is 5.32 Å². The van der Waals surface area contributed by atoms with E-state index in [1.165, 1.54) is 44.9 Å². The van der Waals surface area contributed by atoms with Gasteiger partial charge in [0.25, 0.3) is 5.69 Å². The van der Waals surface area contributed by atoms with E-state index in [-0.39, 0.29) is 10.6 Å². The molecule has 1 saturated carbocycles. The zero-order chi connectivity index (χ0) is 17.7. The maximum Gasteiger partial charge on any atom is 0.292 e. The van der Waals surface area contributed by atoms with Crippen molar-refractivity contribution in [2.24, 2.45) is 0 Å². The van der Waals surface area contributed by atoms with E-state index in [0.717, 1.165) is 25.9 Å². The molecule has 0 unspecified atom stereocenters. The molecule has 1 saturated heterocycles. The summed E-state index contributed by atoms with van der Waals surface area (Å²) in [6.45, 7) is 4.64. The third-order valence-corrected chi connectivity index (χ3v) is 6.15. The summed E-state index contributed by atoms with van der Waals surface area (Å²) >= 11 is 0. The van der Waals surface area contributed by atoms with Gasteiger partial charge in [-0.15, -0.1) is 0 Å². The molecule has 1 aromatic carbocycles. The molecule has 0 aromatic heterocycles. The second kappa shape index (κ2) is 8.17. The minimum Gasteiger partial charge on any atom is -0.377 e. The third kappa shape index (κ3) is 4.51. The van der Waals surface area contributed by atoms with Crippen molar-refractivity contribution in [2.45, 2.75) is 76.3 Å². The number of nitrogens with one attached hydrogen (secondary N) is 1. The van der Waals surface area contributed by atoms with Crippen LogP contribution in [0.25, 0.3) is 0 Å². The monoisotopic (exact) mass is 345 g/mol. The molecule has 0 radical (unpaired) electrons. The summed E-state index contributed by atoms with van der Waals surface area (Å²) in [5.74, 6) is 0. The van der Waals surface area contributed by atoms with Crippen molar-refractivity contribution < 1.29 is 4.92 Å². The molecule has 0 spiro atoms. The fraction of sp³-hybridized carbons (Fsp3) is 0.700. The van der Waals surface area contributed by atoms with Crippen LogP contribution in [-0.4, -0.2) is 34.5 Å². The lowest BCUT2D eigenvalue weighted by atomic mass is 9.82. The normalized spacial score (nSPS) is 22.8. The van der Waals surface area contributed by atoms with Gasteiger partial charge in [-0.2, -0.15) is 0 Å². The number of para-hydroxylation sites is 2. The third-order valence-electron chi connectivity index (χ3n) is 6.15. The first-order chi connectivity index (χ1) is 12.1. The Morgan fingerprint density at radius 1 is 1.08 bits per heavy atom. The Morgan fingerprint density at radius 3 is 2.32 bits per heavy atom. The topological polar surface area (TPSA) is 58.4 Å². The molecule has 2 fully saturated rings. The van der Waals surface area contributed by atoms with Gasteiger partial charge in [-0.3, -0.25) is 15.0 Å². The van der Waals surface area contributed by atoms with E-state index in [4.69, 9.17) is 0 Å². The van der Waals surface area contributed by atoms with Gasteiger partial charge in [0, 0.05) is 30.7 Å². The van der Waals surface area contributed by atoms with Gasteiger partial charge in [0.05, 0.1) is 4.92 Å². The van der Waals surface area contributed by atoms with Gasteiger partial charge in [-0.25, -0.2) is 0 Å². The number of piperidine rings is 1. The Hall–Kier alpha value is -1.62. The molecule has 2 aliphatic rings. The number of likely N-dealkylation sites (tertiary alicyclic amines) is 1. The maximum atomic E-state index is 11.2. The molecule has 5 nitrogen and oxygen atoms in total. The van der Waals surface area contributed by atoms with Crippen LogP contribution in [0, 0.1) is 10.1 Å². The number of nitro groups is 1. The Bertz CT molecular complexity index is 574. The van der Waals surface area contributed by atoms with E-state index in [0.29, 0.717) is 17.3 Å². The molecule has 1 N–H and O–H groups in total. The van der Waals surface area contributed by atoms with Crippen LogP contribution in [0.2, 0.25) is 0 Å². The number of hydrogen-bond donors (Lipinski definition) is 1. The maximum absolute atomic E-state index is 11.2. The molecule has 1 aromatic rings. The zero-order valence-electron chi connectivity index (χ0n) is 15.4. The highest BCUT2D eigenvalue weighted by atomic mass is 16.6. The number of nitrogens with zero attached hydrogens (tertiary/aromatic N) is 2. The summed E-state index contributed by atoms with van der Waals surface area (Å²) in [5.41, 5.74) is 1.18. The average molecular weight is 345 g/mol. The number of hydrogen-bond acceptors (Lipinski definition) is 4. The van der Waals surface area contributed by atoms with Crippen molar-refractivity contribution in [3.05, 3.63) is 34.4 Å². The molecule has 25 heavy (non-hydrogen) atoms. The molecule has 1 heterocycles. The van der Waals surface area contributed by atoms with E-state index >= 15 is 0 Å². The predicted octanol–water partition coefficient (Wildman–Crippen LogP) is 4.97. The number of anilines is 1. The fourth-order valence-corrected chi connectivity index (χ4v) is 4.52. The van der Waals surface area contributed by atoms with Gasteiger partial charge in [-0.05, 0) is 38.7 Å². The predicted molar refractivity (Wildman–Crippen MR) is 102 cm³/mol. The van der Waals surface area contributed by atoms with Crippen molar-refractivity contribution in [2.75, 3.05) is 18.4 Å². The molecule has 0 bridgehead atoms. The molecule has 5 heteroatoms. The largest absolute Gasteiger partial charge is 0.377 e. The van der Waals surface area contributed by atoms with Crippen molar-refractivity contribution >= 4 is 11.4 Å². The van der Waals surface area contributed by atoms with Gasteiger partial charge < -0.3 is 5.32 Å². The standard InChI is InChI=1S/C20H31N3O2/c1-20(13-7-3-2-4-8-14-20)22-15-11-17(12-16-22)21-18-9-5-6-10-19(18)23(24)25/h5-6,9-10,17,21H,2-4,7-8,11-16H2,1H3. The van der Waals surface area contributed by atoms with Gasteiger partial charge in [0.2, 0.25) is 0 Å². The van der Waals surface area contributed by atoms with E-state index in [9.17, 15) is 10.1 Å². The Kier molecular flexibility index (Phi) is 5.94. The van der Waals surface area contributed by atoms with Crippen LogP contribution in [0.15, 0.2) is 24.3 Å². The first-order valence-electron chi connectivity index (χ1n) is 9.83. The van der Waals surface area contributed by atoms with Crippen LogP contribution in [0.1, 0.15) is 64.7 Å². The second-order valence-corrected chi connectivity index (χ2v) is 7.94. The molecule has 3 rings (SSSR count). The van der Waals surface area contributed by atoms with Gasteiger partial charge in [-0.1, -0.05) is 44.2 Å². The summed E-state index contributed by atoms with van der Waals surface area (Å²) in [4.78, 5) is 13.6. The van der Waals surface area contributed by atoms with Crippen molar-refractivity contribution in [3.63, 3.8) is 0 Å². The summed E-state index contributed by atoms with van der Waals surface area (Å²) in [7, 11) is 0. The molecule has 1 aliphatic heterocycles. The van der Waals surface area contributed by atoms with E-state index in [1.807, 2.05) is 12.1 Å². The highest BCUT2D eigenvalue weighted by Gasteiger charge is 2.34. The van der Waals surface area contributed by atoms with E-state index < -0.39 is 0 Å². The van der Waals surface area contributed by atoms with Gasteiger partial charge >= 0.3 is 0 Å².